The Labute approximate surface area is 147 Å². The number of hydrogen-bond donors (Lipinski definition) is 1. The number of benzene rings is 1. The number of nitrogens with two attached hydrogens (primary N) is 1. The number of carbonyl (C=O) groups is 1. The predicted molar refractivity (Wildman–Crippen MR) is 96.4 cm³/mol. The molecule has 0 bridgehead atoms. The summed E-state index contributed by atoms with van der Waals surface area (Å²) >= 11 is 3.47. The van der Waals surface area contributed by atoms with Crippen LogP contribution in [0.3, 0.4) is 0 Å². The molecule has 4 nitrogen and oxygen atoms in total. The number of likely N-dealkylation sites (N-methyl/N-ethyl adjacent to an activating group) is 1. The number of amides is 1. The minimum absolute atomic E-state index is 0. The molecule has 0 aliphatic heterocycles. The van der Waals surface area contributed by atoms with Gasteiger partial charge in [-0.25, -0.2) is 0 Å². The van der Waals surface area contributed by atoms with E-state index in [1.807, 2.05) is 32.2 Å². The monoisotopic (exact) mass is 392 g/mol. The molecule has 1 amide bonds. The number of methoxy groups -OCH3 is 1. The van der Waals surface area contributed by atoms with Gasteiger partial charge in [-0.3, -0.25) is 4.79 Å². The maximum absolute atomic E-state index is 12.6. The minimum atomic E-state index is -0.0850. The summed E-state index contributed by atoms with van der Waals surface area (Å²) < 4.78 is 6.18. The lowest BCUT2D eigenvalue weighted by atomic mass is 9.94. The molecule has 2 N–H and O–H groups in total. The summed E-state index contributed by atoms with van der Waals surface area (Å²) in [5.74, 6) is 0.0447. The molecule has 0 radical (unpaired) electrons. The molecule has 0 spiro atoms. The van der Waals surface area contributed by atoms with Gasteiger partial charge in [0, 0.05) is 43.7 Å². The van der Waals surface area contributed by atoms with Gasteiger partial charge < -0.3 is 15.4 Å². The van der Waals surface area contributed by atoms with Crippen molar-refractivity contribution in [3.63, 3.8) is 0 Å². The van der Waals surface area contributed by atoms with Crippen molar-refractivity contribution >= 4 is 34.2 Å². The van der Waals surface area contributed by atoms with Gasteiger partial charge in [-0.1, -0.05) is 28.1 Å². The van der Waals surface area contributed by atoms with Crippen molar-refractivity contribution in [2.24, 2.45) is 11.7 Å². The Morgan fingerprint density at radius 2 is 2.14 bits per heavy atom. The van der Waals surface area contributed by atoms with Crippen molar-refractivity contribution in [2.75, 3.05) is 27.3 Å². The molecule has 6 heteroatoms. The molecule has 1 aromatic rings. The van der Waals surface area contributed by atoms with Crippen molar-refractivity contribution in [3.05, 3.63) is 34.3 Å². The lowest BCUT2D eigenvalue weighted by Crippen LogP contribution is -2.43. The second kappa shape index (κ2) is 11.0. The van der Waals surface area contributed by atoms with Gasteiger partial charge in [0.2, 0.25) is 5.91 Å². The summed E-state index contributed by atoms with van der Waals surface area (Å²) in [6.07, 6.45) is 1.42. The first-order valence-corrected chi connectivity index (χ1v) is 7.99. The van der Waals surface area contributed by atoms with Crippen LogP contribution < -0.4 is 5.73 Å². The van der Waals surface area contributed by atoms with Crippen molar-refractivity contribution in [2.45, 2.75) is 25.8 Å². The maximum atomic E-state index is 12.6. The Bertz CT molecular complexity index is 460. The van der Waals surface area contributed by atoms with Crippen molar-refractivity contribution in [3.8, 4) is 0 Å². The van der Waals surface area contributed by atoms with Crippen LogP contribution in [0.5, 0.6) is 0 Å². The fourth-order valence-electron chi connectivity index (χ4n) is 2.18. The molecule has 0 saturated heterocycles. The van der Waals surface area contributed by atoms with Gasteiger partial charge in [0.05, 0.1) is 0 Å². The van der Waals surface area contributed by atoms with E-state index < -0.39 is 0 Å². The Balaban J connectivity index is 0.00000441. The van der Waals surface area contributed by atoms with Crippen molar-refractivity contribution < 1.29 is 9.53 Å². The molecule has 0 aliphatic carbocycles. The third-order valence-corrected chi connectivity index (χ3v) is 4.23. The van der Waals surface area contributed by atoms with Gasteiger partial charge >= 0.3 is 0 Å². The fraction of sp³-hybridized carbons (Fsp3) is 0.562. The number of nitrogens with zero attached hydrogens (tertiary/aromatic N) is 1. The van der Waals surface area contributed by atoms with E-state index in [0.29, 0.717) is 26.0 Å². The number of hydrogen-bond acceptors (Lipinski definition) is 3. The average molecular weight is 394 g/mol. The Morgan fingerprint density at radius 3 is 2.68 bits per heavy atom. The summed E-state index contributed by atoms with van der Waals surface area (Å²) in [6, 6.07) is 8.12. The van der Waals surface area contributed by atoms with Crippen LogP contribution in [0.25, 0.3) is 0 Å². The molecule has 2 unspecified atom stereocenters. The molecule has 0 fully saturated rings. The van der Waals surface area contributed by atoms with Gasteiger partial charge in [-0.15, -0.1) is 12.4 Å². The van der Waals surface area contributed by atoms with E-state index in [9.17, 15) is 4.79 Å². The minimum Gasteiger partial charge on any atom is -0.385 e. The van der Waals surface area contributed by atoms with Crippen LogP contribution in [0, 0.1) is 5.92 Å². The molecule has 2 atom stereocenters. The summed E-state index contributed by atoms with van der Waals surface area (Å²) in [5, 5.41) is 0. The van der Waals surface area contributed by atoms with E-state index in [1.165, 1.54) is 0 Å². The molecular weight excluding hydrogens is 368 g/mol. The van der Waals surface area contributed by atoms with Gasteiger partial charge in [-0.05, 0) is 37.5 Å². The van der Waals surface area contributed by atoms with Crippen LogP contribution in [-0.2, 0) is 16.0 Å². The van der Waals surface area contributed by atoms with E-state index in [-0.39, 0.29) is 30.3 Å². The first kappa shape index (κ1) is 21.4. The Hall–Kier alpha value is -0.620. The first-order chi connectivity index (χ1) is 9.99. The number of ether oxygens (including phenoxy) is 1. The van der Waals surface area contributed by atoms with E-state index in [1.54, 1.807) is 12.0 Å². The molecule has 0 aliphatic rings. The van der Waals surface area contributed by atoms with Crippen LogP contribution in [0.4, 0.5) is 0 Å². The predicted octanol–water partition coefficient (Wildman–Crippen LogP) is 2.87. The molecular formula is C16H26BrClN2O2. The Kier molecular flexibility index (Phi) is 10.7. The molecule has 0 saturated carbocycles. The SMILES string of the molecule is COCCC(Cc1cccc(Br)c1)C(=O)N(C)C(C)CN.Cl. The lowest BCUT2D eigenvalue weighted by molar-refractivity contribution is -0.136. The van der Waals surface area contributed by atoms with Crippen LogP contribution in [0.2, 0.25) is 0 Å². The third kappa shape index (κ3) is 6.65. The second-order valence-electron chi connectivity index (χ2n) is 5.35. The number of carbonyl (C=O) groups excluding carboxylic acids is 1. The topological polar surface area (TPSA) is 55.6 Å². The van der Waals surface area contributed by atoms with Gasteiger partial charge in [0.15, 0.2) is 0 Å². The van der Waals surface area contributed by atoms with Crippen LogP contribution in [-0.4, -0.2) is 44.2 Å². The summed E-state index contributed by atoms with van der Waals surface area (Å²) in [4.78, 5) is 14.4. The van der Waals surface area contributed by atoms with Gasteiger partial charge in [0.25, 0.3) is 0 Å². The van der Waals surface area contributed by atoms with E-state index in [2.05, 4.69) is 22.0 Å². The highest BCUT2D eigenvalue weighted by molar-refractivity contribution is 9.10. The zero-order valence-corrected chi connectivity index (χ0v) is 15.8. The molecule has 0 heterocycles. The van der Waals surface area contributed by atoms with E-state index >= 15 is 0 Å². The number of rotatable bonds is 8. The summed E-state index contributed by atoms with van der Waals surface area (Å²) in [7, 11) is 3.48. The molecule has 1 aromatic carbocycles. The summed E-state index contributed by atoms with van der Waals surface area (Å²) in [5.41, 5.74) is 6.80. The maximum Gasteiger partial charge on any atom is 0.226 e. The highest BCUT2D eigenvalue weighted by atomic mass is 79.9. The smallest absolute Gasteiger partial charge is 0.226 e. The summed E-state index contributed by atoms with van der Waals surface area (Å²) in [6.45, 7) is 3.01. The average Bonchev–Trinajstić information content (AvgIpc) is 2.49. The highest BCUT2D eigenvalue weighted by Crippen LogP contribution is 2.19. The first-order valence-electron chi connectivity index (χ1n) is 7.19. The van der Waals surface area contributed by atoms with Gasteiger partial charge in [0.1, 0.15) is 0 Å². The normalized spacial score (nSPS) is 13.1. The van der Waals surface area contributed by atoms with E-state index in [0.717, 1.165) is 10.0 Å². The second-order valence-corrected chi connectivity index (χ2v) is 6.26. The molecule has 0 aromatic heterocycles. The van der Waals surface area contributed by atoms with E-state index in [4.69, 9.17) is 10.5 Å². The van der Waals surface area contributed by atoms with Crippen molar-refractivity contribution in [1.82, 2.24) is 4.90 Å². The standard InChI is InChI=1S/C16H25BrN2O2.ClH/c1-12(11-18)19(2)16(20)14(7-8-21-3)9-13-5-4-6-15(17)10-13;/h4-6,10,12,14H,7-9,11,18H2,1-3H3;1H. The zero-order chi connectivity index (χ0) is 15.8. The highest BCUT2D eigenvalue weighted by Gasteiger charge is 2.24. The quantitative estimate of drug-likeness (QED) is 0.739. The zero-order valence-electron chi connectivity index (χ0n) is 13.4. The van der Waals surface area contributed by atoms with Crippen molar-refractivity contribution in [1.29, 1.82) is 0 Å². The Morgan fingerprint density at radius 1 is 1.45 bits per heavy atom. The van der Waals surface area contributed by atoms with Gasteiger partial charge in [-0.2, -0.15) is 0 Å². The lowest BCUT2D eigenvalue weighted by Gasteiger charge is -2.28. The van der Waals surface area contributed by atoms with Crippen LogP contribution >= 0.6 is 28.3 Å². The largest absolute Gasteiger partial charge is 0.385 e. The number of halogens is 2. The molecule has 1 rings (SSSR count). The molecule has 126 valence electrons. The van der Waals surface area contributed by atoms with Crippen LogP contribution in [0.1, 0.15) is 18.9 Å². The fourth-order valence-corrected chi connectivity index (χ4v) is 2.63. The third-order valence-electron chi connectivity index (χ3n) is 3.74. The molecule has 22 heavy (non-hydrogen) atoms. The van der Waals surface area contributed by atoms with Crippen LogP contribution in [0.15, 0.2) is 28.7 Å².